The van der Waals surface area contributed by atoms with Gasteiger partial charge < -0.3 is 9.88 Å². The second-order valence-electron chi connectivity index (χ2n) is 6.35. The summed E-state index contributed by atoms with van der Waals surface area (Å²) in [5.74, 6) is 0.0836. The predicted molar refractivity (Wildman–Crippen MR) is 102 cm³/mol. The Morgan fingerprint density at radius 3 is 2.39 bits per heavy atom. The second kappa shape index (κ2) is 7.48. The zero-order valence-corrected chi connectivity index (χ0v) is 15.2. The highest BCUT2D eigenvalue weighted by molar-refractivity contribution is 5.94. The number of benzene rings is 2. The monoisotopic (exact) mass is 375 g/mol. The van der Waals surface area contributed by atoms with Gasteiger partial charge in [-0.15, -0.1) is 0 Å². The molecular formula is C21H18FN5O. The second-order valence-corrected chi connectivity index (χ2v) is 6.35. The molecule has 0 aliphatic rings. The van der Waals surface area contributed by atoms with Gasteiger partial charge >= 0.3 is 0 Å². The molecule has 0 saturated carbocycles. The molecule has 6 nitrogen and oxygen atoms in total. The highest BCUT2D eigenvalue weighted by Gasteiger charge is 2.21. The molecule has 4 aromatic rings. The standard InChI is InChI=1S/C21H18FN5O/c1-26-14-12-23-20(26)19(15-3-7-17(22)8-4-15)25-21(28)16-5-9-18(10-6-16)27-13-2-11-24-27/h2-14,19H,1H3,(H,25,28). The Labute approximate surface area is 161 Å². The lowest BCUT2D eigenvalue weighted by atomic mass is 10.0. The van der Waals surface area contributed by atoms with Crippen LogP contribution in [0.15, 0.2) is 79.4 Å². The molecule has 0 radical (unpaired) electrons. The summed E-state index contributed by atoms with van der Waals surface area (Å²) in [5, 5.41) is 7.17. The van der Waals surface area contributed by atoms with Crippen molar-refractivity contribution < 1.29 is 9.18 Å². The first-order valence-electron chi connectivity index (χ1n) is 8.75. The number of hydrogen-bond acceptors (Lipinski definition) is 3. The molecule has 2 aromatic heterocycles. The first kappa shape index (κ1) is 17.7. The number of halogens is 1. The molecule has 2 heterocycles. The third-order valence-corrected chi connectivity index (χ3v) is 4.49. The van der Waals surface area contributed by atoms with Gasteiger partial charge in [-0.25, -0.2) is 14.1 Å². The molecule has 2 aromatic carbocycles. The molecule has 4 rings (SSSR count). The van der Waals surface area contributed by atoms with Crippen LogP contribution in [0.25, 0.3) is 5.69 Å². The lowest BCUT2D eigenvalue weighted by Crippen LogP contribution is -2.31. The fourth-order valence-corrected chi connectivity index (χ4v) is 3.01. The molecule has 0 saturated heterocycles. The van der Waals surface area contributed by atoms with E-state index in [-0.39, 0.29) is 11.7 Å². The van der Waals surface area contributed by atoms with Gasteiger partial charge in [-0.1, -0.05) is 12.1 Å². The number of carbonyl (C=O) groups excluding carboxylic acids is 1. The minimum absolute atomic E-state index is 0.246. The molecule has 1 N–H and O–H groups in total. The van der Waals surface area contributed by atoms with Gasteiger partial charge in [-0.3, -0.25) is 4.79 Å². The molecule has 0 aliphatic heterocycles. The van der Waals surface area contributed by atoms with E-state index in [1.165, 1.54) is 12.1 Å². The Bertz CT molecular complexity index is 1070. The Kier molecular flexibility index (Phi) is 4.72. The highest BCUT2D eigenvalue weighted by atomic mass is 19.1. The number of aromatic nitrogens is 4. The summed E-state index contributed by atoms with van der Waals surface area (Å²) in [6.07, 6.45) is 7.00. The van der Waals surface area contributed by atoms with Crippen molar-refractivity contribution in [3.63, 3.8) is 0 Å². The van der Waals surface area contributed by atoms with E-state index in [2.05, 4.69) is 15.4 Å². The summed E-state index contributed by atoms with van der Waals surface area (Å²) in [4.78, 5) is 17.2. The Morgan fingerprint density at radius 2 is 1.79 bits per heavy atom. The lowest BCUT2D eigenvalue weighted by molar-refractivity contribution is 0.0941. The molecule has 7 heteroatoms. The third-order valence-electron chi connectivity index (χ3n) is 4.49. The van der Waals surface area contributed by atoms with Crippen LogP contribution in [0.1, 0.15) is 27.8 Å². The van der Waals surface area contributed by atoms with Gasteiger partial charge in [0, 0.05) is 37.4 Å². The Balaban J connectivity index is 1.60. The van der Waals surface area contributed by atoms with E-state index in [1.54, 1.807) is 47.5 Å². The van der Waals surface area contributed by atoms with E-state index in [0.717, 1.165) is 11.3 Å². The average molecular weight is 375 g/mol. The van der Waals surface area contributed by atoms with Crippen LogP contribution in [0.3, 0.4) is 0 Å². The van der Waals surface area contributed by atoms with Crippen molar-refractivity contribution in [2.24, 2.45) is 7.05 Å². The van der Waals surface area contributed by atoms with Crippen LogP contribution in [-0.4, -0.2) is 25.2 Å². The number of aryl methyl sites for hydroxylation is 1. The molecular weight excluding hydrogens is 357 g/mol. The first-order valence-corrected chi connectivity index (χ1v) is 8.75. The molecule has 140 valence electrons. The van der Waals surface area contributed by atoms with E-state index < -0.39 is 6.04 Å². The summed E-state index contributed by atoms with van der Waals surface area (Å²) in [5.41, 5.74) is 2.12. The van der Waals surface area contributed by atoms with Crippen molar-refractivity contribution in [3.8, 4) is 5.69 Å². The molecule has 1 unspecified atom stereocenters. The normalized spacial score (nSPS) is 11.9. The molecule has 1 amide bonds. The molecule has 0 aliphatic carbocycles. The number of nitrogens with one attached hydrogen (secondary N) is 1. The summed E-state index contributed by atoms with van der Waals surface area (Å²) in [7, 11) is 1.85. The number of carbonyl (C=O) groups is 1. The summed E-state index contributed by atoms with van der Waals surface area (Å²) in [6.45, 7) is 0. The van der Waals surface area contributed by atoms with E-state index in [1.807, 2.05) is 36.0 Å². The SMILES string of the molecule is Cn1ccnc1C(NC(=O)c1ccc(-n2cccn2)cc1)c1ccc(F)cc1. The van der Waals surface area contributed by atoms with E-state index in [0.29, 0.717) is 11.4 Å². The largest absolute Gasteiger partial charge is 0.338 e. The van der Waals surface area contributed by atoms with Crippen LogP contribution in [0.4, 0.5) is 4.39 Å². The maximum Gasteiger partial charge on any atom is 0.252 e. The highest BCUT2D eigenvalue weighted by Crippen LogP contribution is 2.21. The van der Waals surface area contributed by atoms with Crippen molar-refractivity contribution in [1.29, 1.82) is 0 Å². The molecule has 0 bridgehead atoms. The number of imidazole rings is 1. The molecule has 0 spiro atoms. The summed E-state index contributed by atoms with van der Waals surface area (Å²) < 4.78 is 16.9. The molecule has 0 fully saturated rings. The van der Waals surface area contributed by atoms with Crippen molar-refractivity contribution in [1.82, 2.24) is 24.6 Å². The number of rotatable bonds is 5. The third kappa shape index (κ3) is 3.55. The number of hydrogen-bond donors (Lipinski definition) is 1. The van der Waals surface area contributed by atoms with Crippen molar-refractivity contribution in [3.05, 3.63) is 102 Å². The van der Waals surface area contributed by atoms with Gasteiger partial charge in [0.2, 0.25) is 0 Å². The van der Waals surface area contributed by atoms with Gasteiger partial charge in [0.25, 0.3) is 5.91 Å². The fourth-order valence-electron chi connectivity index (χ4n) is 3.01. The van der Waals surface area contributed by atoms with Crippen LogP contribution in [0.2, 0.25) is 0 Å². The Morgan fingerprint density at radius 1 is 1.04 bits per heavy atom. The Hall–Kier alpha value is -3.74. The quantitative estimate of drug-likeness (QED) is 0.582. The van der Waals surface area contributed by atoms with Crippen molar-refractivity contribution >= 4 is 5.91 Å². The molecule has 28 heavy (non-hydrogen) atoms. The lowest BCUT2D eigenvalue weighted by Gasteiger charge is -2.19. The van der Waals surface area contributed by atoms with Crippen LogP contribution < -0.4 is 5.32 Å². The van der Waals surface area contributed by atoms with E-state index in [9.17, 15) is 9.18 Å². The van der Waals surface area contributed by atoms with Crippen molar-refractivity contribution in [2.45, 2.75) is 6.04 Å². The van der Waals surface area contributed by atoms with Crippen LogP contribution in [-0.2, 0) is 7.05 Å². The zero-order valence-electron chi connectivity index (χ0n) is 15.2. The van der Waals surface area contributed by atoms with Crippen LogP contribution in [0.5, 0.6) is 0 Å². The number of nitrogens with zero attached hydrogens (tertiary/aromatic N) is 4. The fraction of sp³-hybridized carbons (Fsp3) is 0.0952. The van der Waals surface area contributed by atoms with Crippen LogP contribution >= 0.6 is 0 Å². The van der Waals surface area contributed by atoms with Gasteiger partial charge in [0.15, 0.2) is 0 Å². The minimum atomic E-state index is -0.501. The summed E-state index contributed by atoms with van der Waals surface area (Å²) in [6, 6.07) is 14.5. The minimum Gasteiger partial charge on any atom is -0.338 e. The van der Waals surface area contributed by atoms with Gasteiger partial charge in [-0.05, 0) is 48.0 Å². The maximum absolute atomic E-state index is 13.3. The van der Waals surface area contributed by atoms with Gasteiger partial charge in [0.05, 0.1) is 5.69 Å². The van der Waals surface area contributed by atoms with Gasteiger partial charge in [-0.2, -0.15) is 5.10 Å². The zero-order chi connectivity index (χ0) is 19.5. The van der Waals surface area contributed by atoms with Crippen molar-refractivity contribution in [2.75, 3.05) is 0 Å². The number of amides is 1. The maximum atomic E-state index is 13.3. The topological polar surface area (TPSA) is 64.7 Å². The van der Waals surface area contributed by atoms with Crippen LogP contribution in [0, 0.1) is 5.82 Å². The smallest absolute Gasteiger partial charge is 0.252 e. The predicted octanol–water partition coefficient (Wildman–Crippen LogP) is 3.26. The van der Waals surface area contributed by atoms with Gasteiger partial charge in [0.1, 0.15) is 17.7 Å². The van der Waals surface area contributed by atoms with E-state index >= 15 is 0 Å². The molecule has 1 atom stereocenters. The first-order chi connectivity index (χ1) is 13.6. The van der Waals surface area contributed by atoms with E-state index in [4.69, 9.17) is 0 Å². The summed E-state index contributed by atoms with van der Waals surface area (Å²) >= 11 is 0. The average Bonchev–Trinajstić information content (AvgIpc) is 3.39.